The van der Waals surface area contributed by atoms with Gasteiger partial charge in [-0.1, -0.05) is 29.8 Å². The number of ether oxygens (including phenoxy) is 3. The zero-order valence-electron chi connectivity index (χ0n) is 21.1. The van der Waals surface area contributed by atoms with E-state index in [0.29, 0.717) is 23.8 Å². The van der Waals surface area contributed by atoms with Crippen molar-refractivity contribution in [2.75, 3.05) is 31.7 Å². The number of hydrogen-bond acceptors (Lipinski definition) is 6. The molecule has 3 aromatic carbocycles. The Labute approximate surface area is 212 Å². The van der Waals surface area contributed by atoms with Crippen LogP contribution in [-0.4, -0.2) is 41.7 Å². The van der Waals surface area contributed by atoms with Gasteiger partial charge in [0.05, 0.1) is 37.5 Å². The summed E-state index contributed by atoms with van der Waals surface area (Å²) in [6.45, 7) is 5.77. The fourth-order valence-electron chi connectivity index (χ4n) is 3.65. The number of hydrogen-bond donors (Lipinski definition) is 1. The molecule has 36 heavy (non-hydrogen) atoms. The quantitative estimate of drug-likeness (QED) is 0.407. The highest BCUT2D eigenvalue weighted by atomic mass is 32.2. The van der Waals surface area contributed by atoms with Crippen LogP contribution in [0, 0.1) is 6.92 Å². The van der Waals surface area contributed by atoms with Gasteiger partial charge in [-0.3, -0.25) is 9.10 Å². The summed E-state index contributed by atoms with van der Waals surface area (Å²) in [5.74, 6) is 0.819. The molecule has 3 aromatic rings. The van der Waals surface area contributed by atoms with Gasteiger partial charge in [0.25, 0.3) is 10.0 Å². The first kappa shape index (κ1) is 26.9. The van der Waals surface area contributed by atoms with Crippen LogP contribution in [0.25, 0.3) is 0 Å². The van der Waals surface area contributed by atoms with Gasteiger partial charge in [0.15, 0.2) is 11.5 Å². The first-order valence-electron chi connectivity index (χ1n) is 11.5. The van der Waals surface area contributed by atoms with E-state index in [0.717, 1.165) is 15.4 Å². The molecule has 9 heteroatoms. The molecule has 1 atom stereocenters. The summed E-state index contributed by atoms with van der Waals surface area (Å²) in [7, 11) is -1.24. The highest BCUT2D eigenvalue weighted by Crippen LogP contribution is 2.32. The van der Waals surface area contributed by atoms with Crippen LogP contribution >= 0.6 is 0 Å². The van der Waals surface area contributed by atoms with Crippen molar-refractivity contribution in [3.63, 3.8) is 0 Å². The monoisotopic (exact) mass is 512 g/mol. The zero-order chi connectivity index (χ0) is 26.3. The number of nitrogens with zero attached hydrogens (tertiary/aromatic N) is 1. The molecule has 8 nitrogen and oxygen atoms in total. The zero-order valence-corrected chi connectivity index (χ0v) is 22.0. The van der Waals surface area contributed by atoms with E-state index in [1.54, 1.807) is 24.3 Å². The van der Waals surface area contributed by atoms with E-state index in [4.69, 9.17) is 14.2 Å². The number of carbonyl (C=O) groups excluding carboxylic acids is 1. The Hall–Kier alpha value is -3.72. The molecule has 1 N–H and O–H groups in total. The number of nitrogens with one attached hydrogen (secondary N) is 1. The molecule has 0 aliphatic carbocycles. The molecule has 0 saturated carbocycles. The minimum absolute atomic E-state index is 0.0339. The summed E-state index contributed by atoms with van der Waals surface area (Å²) in [6.07, 6.45) is 0. The predicted molar refractivity (Wildman–Crippen MR) is 139 cm³/mol. The second kappa shape index (κ2) is 11.8. The number of aryl methyl sites for hydroxylation is 1. The average Bonchev–Trinajstić information content (AvgIpc) is 2.87. The summed E-state index contributed by atoms with van der Waals surface area (Å²) in [4.78, 5) is 13.0. The van der Waals surface area contributed by atoms with Crippen LogP contribution < -0.4 is 23.8 Å². The molecule has 0 aliphatic heterocycles. The maximum absolute atomic E-state index is 13.8. The van der Waals surface area contributed by atoms with Crippen molar-refractivity contribution < 1.29 is 27.4 Å². The predicted octanol–water partition coefficient (Wildman–Crippen LogP) is 4.48. The van der Waals surface area contributed by atoms with E-state index in [2.05, 4.69) is 5.32 Å². The van der Waals surface area contributed by atoms with Gasteiger partial charge in [0.2, 0.25) is 5.91 Å². The van der Waals surface area contributed by atoms with E-state index in [-0.39, 0.29) is 16.7 Å². The molecule has 0 bridgehead atoms. The second-order valence-electron chi connectivity index (χ2n) is 8.16. The maximum Gasteiger partial charge on any atom is 0.264 e. The van der Waals surface area contributed by atoms with Gasteiger partial charge < -0.3 is 19.5 Å². The van der Waals surface area contributed by atoms with Crippen molar-refractivity contribution in [1.82, 2.24) is 5.32 Å². The fraction of sp³-hybridized carbons (Fsp3) is 0.296. The van der Waals surface area contributed by atoms with Gasteiger partial charge in [-0.15, -0.1) is 0 Å². The molecule has 1 amide bonds. The van der Waals surface area contributed by atoms with Gasteiger partial charge in [0, 0.05) is 6.07 Å². The topological polar surface area (TPSA) is 94.2 Å². The van der Waals surface area contributed by atoms with Crippen molar-refractivity contribution in [2.24, 2.45) is 0 Å². The number of carbonyl (C=O) groups is 1. The fourth-order valence-corrected chi connectivity index (χ4v) is 5.09. The van der Waals surface area contributed by atoms with Gasteiger partial charge in [-0.25, -0.2) is 8.42 Å². The third-order valence-electron chi connectivity index (χ3n) is 5.62. The number of methoxy groups -OCH3 is 2. The number of benzene rings is 3. The summed E-state index contributed by atoms with van der Waals surface area (Å²) < 4.78 is 44.6. The number of sulfonamides is 1. The van der Waals surface area contributed by atoms with Crippen molar-refractivity contribution >= 4 is 21.6 Å². The molecule has 0 saturated heterocycles. The summed E-state index contributed by atoms with van der Waals surface area (Å²) in [5.41, 5.74) is 2.36. The van der Waals surface area contributed by atoms with Gasteiger partial charge in [0.1, 0.15) is 12.3 Å². The van der Waals surface area contributed by atoms with E-state index in [1.165, 1.54) is 32.4 Å². The van der Waals surface area contributed by atoms with Crippen molar-refractivity contribution in [3.05, 3.63) is 77.9 Å². The third-order valence-corrected chi connectivity index (χ3v) is 7.39. The van der Waals surface area contributed by atoms with E-state index < -0.39 is 22.5 Å². The molecule has 0 fully saturated rings. The molecule has 1 unspecified atom stereocenters. The molecule has 0 aromatic heterocycles. The highest BCUT2D eigenvalue weighted by Gasteiger charge is 2.29. The summed E-state index contributed by atoms with van der Waals surface area (Å²) in [5, 5.41) is 2.90. The summed E-state index contributed by atoms with van der Waals surface area (Å²) >= 11 is 0. The molecule has 192 valence electrons. The molecule has 0 aliphatic rings. The minimum Gasteiger partial charge on any atom is -0.494 e. The molecule has 0 radical (unpaired) electrons. The Kier molecular flexibility index (Phi) is 8.82. The van der Waals surface area contributed by atoms with Crippen LogP contribution in [0.1, 0.15) is 31.0 Å². The first-order valence-corrected chi connectivity index (χ1v) is 13.0. The molecular weight excluding hydrogens is 480 g/mol. The Bertz CT molecular complexity index is 1270. The van der Waals surface area contributed by atoms with Crippen LogP contribution in [0.15, 0.2) is 71.6 Å². The van der Waals surface area contributed by atoms with E-state index in [9.17, 15) is 13.2 Å². The number of anilines is 1. The molecular formula is C27H32N2O6S. The van der Waals surface area contributed by atoms with Crippen LogP contribution in [0.4, 0.5) is 5.69 Å². The standard InChI is InChI=1S/C27H32N2O6S/c1-6-35-23-13-11-22(12-14-23)29(18-27(30)28-20(3)21-9-7-19(2)8-10-21)36(31,32)24-15-16-25(33-4)26(17-24)34-5/h7-17,20H,6,18H2,1-5H3,(H,28,30). The summed E-state index contributed by atoms with van der Waals surface area (Å²) in [6, 6.07) is 18.4. The van der Waals surface area contributed by atoms with Crippen molar-refractivity contribution in [3.8, 4) is 17.2 Å². The first-order chi connectivity index (χ1) is 17.2. The molecule has 0 spiro atoms. The second-order valence-corrected chi connectivity index (χ2v) is 10.0. The van der Waals surface area contributed by atoms with Crippen LogP contribution in [-0.2, 0) is 14.8 Å². The highest BCUT2D eigenvalue weighted by molar-refractivity contribution is 7.92. The van der Waals surface area contributed by atoms with Gasteiger partial charge in [-0.05, 0) is 62.7 Å². The Morgan fingerprint density at radius 2 is 1.58 bits per heavy atom. The lowest BCUT2D eigenvalue weighted by Gasteiger charge is -2.25. The van der Waals surface area contributed by atoms with E-state index >= 15 is 0 Å². The normalized spacial score (nSPS) is 11.9. The third kappa shape index (κ3) is 6.28. The lowest BCUT2D eigenvalue weighted by atomic mass is 10.1. The SMILES string of the molecule is CCOc1ccc(N(CC(=O)NC(C)c2ccc(C)cc2)S(=O)(=O)c2ccc(OC)c(OC)c2)cc1. The van der Waals surface area contributed by atoms with E-state index in [1.807, 2.05) is 45.0 Å². The largest absolute Gasteiger partial charge is 0.494 e. The Morgan fingerprint density at radius 1 is 0.944 bits per heavy atom. The lowest BCUT2D eigenvalue weighted by Crippen LogP contribution is -2.41. The number of amides is 1. The van der Waals surface area contributed by atoms with Crippen molar-refractivity contribution in [2.45, 2.75) is 31.7 Å². The maximum atomic E-state index is 13.8. The smallest absolute Gasteiger partial charge is 0.264 e. The van der Waals surface area contributed by atoms with Gasteiger partial charge in [-0.2, -0.15) is 0 Å². The average molecular weight is 513 g/mol. The van der Waals surface area contributed by atoms with Crippen LogP contribution in [0.3, 0.4) is 0 Å². The Balaban J connectivity index is 1.94. The Morgan fingerprint density at radius 3 is 2.17 bits per heavy atom. The van der Waals surface area contributed by atoms with Gasteiger partial charge >= 0.3 is 0 Å². The van der Waals surface area contributed by atoms with Crippen molar-refractivity contribution in [1.29, 1.82) is 0 Å². The molecule has 0 heterocycles. The molecule has 3 rings (SSSR count). The minimum atomic E-state index is -4.14. The van der Waals surface area contributed by atoms with Crippen LogP contribution in [0.5, 0.6) is 17.2 Å². The van der Waals surface area contributed by atoms with Crippen LogP contribution in [0.2, 0.25) is 0 Å². The number of rotatable bonds is 11. The lowest BCUT2D eigenvalue weighted by molar-refractivity contribution is -0.120.